The van der Waals surface area contributed by atoms with Gasteiger partial charge in [-0.15, -0.1) is 0 Å². The largest absolute Gasteiger partial charge is 0.507 e. The number of esters is 1. The minimum absolute atomic E-state index is 0.0214. The van der Waals surface area contributed by atoms with Crippen LogP contribution in [0.4, 0.5) is 5.69 Å². The van der Waals surface area contributed by atoms with Crippen molar-refractivity contribution in [3.8, 4) is 5.75 Å². The van der Waals surface area contributed by atoms with Crippen molar-refractivity contribution in [1.29, 1.82) is 0 Å². The molecule has 4 heteroatoms. The van der Waals surface area contributed by atoms with Crippen LogP contribution in [0.1, 0.15) is 15.9 Å². The maximum Gasteiger partial charge on any atom is 0.343 e. The van der Waals surface area contributed by atoms with Gasteiger partial charge in [0.05, 0.1) is 12.8 Å². The summed E-state index contributed by atoms with van der Waals surface area (Å²) >= 11 is 0. The fourth-order valence-electron chi connectivity index (χ4n) is 1.12. The fourth-order valence-corrected chi connectivity index (χ4v) is 1.12. The molecule has 0 amide bonds. The van der Waals surface area contributed by atoms with E-state index in [0.717, 1.165) is 5.56 Å². The number of nitrogen functional groups attached to an aromatic ring is 1. The van der Waals surface area contributed by atoms with Gasteiger partial charge in [0.15, 0.2) is 0 Å². The van der Waals surface area contributed by atoms with Gasteiger partial charge in [0.25, 0.3) is 0 Å². The summed E-state index contributed by atoms with van der Waals surface area (Å²) in [6, 6.07) is 3.06. The number of hydrogen-bond donors (Lipinski definition) is 2. The Bertz CT molecular complexity index is 324. The number of ether oxygens (including phenoxy) is 1. The van der Waals surface area contributed by atoms with Crippen molar-refractivity contribution < 1.29 is 14.6 Å². The number of carbonyl (C=O) groups excluding carboxylic acids is 1. The number of phenols is 1. The van der Waals surface area contributed by atoms with Gasteiger partial charge in [-0.3, -0.25) is 0 Å². The second-order valence-electron chi connectivity index (χ2n) is 2.74. The van der Waals surface area contributed by atoms with Gasteiger partial charge in [0.2, 0.25) is 0 Å². The molecule has 0 spiro atoms. The van der Waals surface area contributed by atoms with Gasteiger partial charge < -0.3 is 15.6 Å². The molecule has 0 fully saturated rings. The summed E-state index contributed by atoms with van der Waals surface area (Å²) in [6.07, 6.45) is 0. The minimum atomic E-state index is -0.630. The third-order valence-electron chi connectivity index (χ3n) is 1.68. The summed E-state index contributed by atoms with van der Waals surface area (Å²) in [6.45, 7) is 1.77. The van der Waals surface area contributed by atoms with Gasteiger partial charge in [-0.25, -0.2) is 4.79 Å². The smallest absolute Gasteiger partial charge is 0.343 e. The zero-order valence-electron chi connectivity index (χ0n) is 7.50. The summed E-state index contributed by atoms with van der Waals surface area (Å²) in [7, 11) is 1.24. The van der Waals surface area contributed by atoms with Crippen molar-refractivity contribution in [3.63, 3.8) is 0 Å². The van der Waals surface area contributed by atoms with Crippen LogP contribution in [0, 0.1) is 6.92 Å². The molecule has 0 aliphatic carbocycles. The summed E-state index contributed by atoms with van der Waals surface area (Å²) in [5, 5.41) is 9.39. The monoisotopic (exact) mass is 181 g/mol. The van der Waals surface area contributed by atoms with E-state index in [1.807, 2.05) is 0 Å². The Hall–Kier alpha value is -1.71. The average molecular weight is 181 g/mol. The lowest BCUT2D eigenvalue weighted by molar-refractivity contribution is 0.0599. The van der Waals surface area contributed by atoms with Crippen LogP contribution in [0.3, 0.4) is 0 Å². The van der Waals surface area contributed by atoms with Crippen LogP contribution in [0.5, 0.6) is 5.75 Å². The highest BCUT2D eigenvalue weighted by Crippen LogP contribution is 2.25. The minimum Gasteiger partial charge on any atom is -0.507 e. The molecule has 0 radical (unpaired) electrons. The van der Waals surface area contributed by atoms with Gasteiger partial charge >= 0.3 is 5.97 Å². The summed E-state index contributed by atoms with van der Waals surface area (Å²) in [5.74, 6) is -0.778. The van der Waals surface area contributed by atoms with Crippen molar-refractivity contribution >= 4 is 11.7 Å². The summed E-state index contributed by atoms with van der Waals surface area (Å²) in [4.78, 5) is 11.1. The number of anilines is 1. The van der Waals surface area contributed by atoms with Crippen LogP contribution in [0.2, 0.25) is 0 Å². The molecule has 0 saturated heterocycles. The maximum atomic E-state index is 11.1. The Labute approximate surface area is 75.9 Å². The van der Waals surface area contributed by atoms with Crippen LogP contribution in [-0.4, -0.2) is 18.2 Å². The van der Waals surface area contributed by atoms with E-state index in [1.165, 1.54) is 13.2 Å². The van der Waals surface area contributed by atoms with Crippen molar-refractivity contribution in [2.75, 3.05) is 12.8 Å². The number of aryl methyl sites for hydroxylation is 1. The first-order valence-electron chi connectivity index (χ1n) is 3.73. The number of methoxy groups -OCH3 is 1. The van der Waals surface area contributed by atoms with E-state index in [-0.39, 0.29) is 17.0 Å². The molecule has 0 unspecified atom stereocenters. The van der Waals surface area contributed by atoms with Crippen molar-refractivity contribution in [2.24, 2.45) is 0 Å². The lowest BCUT2D eigenvalue weighted by Crippen LogP contribution is -2.06. The van der Waals surface area contributed by atoms with Crippen LogP contribution in [0.15, 0.2) is 12.1 Å². The fraction of sp³-hybridized carbons (Fsp3) is 0.222. The first-order valence-corrected chi connectivity index (χ1v) is 3.73. The van der Waals surface area contributed by atoms with Crippen molar-refractivity contribution in [3.05, 3.63) is 23.3 Å². The molecule has 0 aliphatic heterocycles. The SMILES string of the molecule is COC(=O)c1c(N)cc(C)cc1O. The molecule has 1 aromatic rings. The van der Waals surface area contributed by atoms with Gasteiger partial charge in [-0.2, -0.15) is 0 Å². The highest BCUT2D eigenvalue weighted by molar-refractivity contribution is 5.98. The van der Waals surface area contributed by atoms with E-state index in [1.54, 1.807) is 13.0 Å². The highest BCUT2D eigenvalue weighted by Gasteiger charge is 2.15. The second kappa shape index (κ2) is 3.35. The lowest BCUT2D eigenvalue weighted by Gasteiger charge is -2.06. The highest BCUT2D eigenvalue weighted by atomic mass is 16.5. The predicted octanol–water partition coefficient (Wildman–Crippen LogP) is 1.07. The van der Waals surface area contributed by atoms with E-state index in [2.05, 4.69) is 4.74 Å². The van der Waals surface area contributed by atoms with Crippen LogP contribution >= 0.6 is 0 Å². The van der Waals surface area contributed by atoms with E-state index >= 15 is 0 Å². The molecule has 0 aliphatic rings. The quantitative estimate of drug-likeness (QED) is 0.502. The van der Waals surface area contributed by atoms with Gasteiger partial charge in [0.1, 0.15) is 11.3 Å². The first-order chi connectivity index (χ1) is 6.06. The van der Waals surface area contributed by atoms with Crippen LogP contribution in [-0.2, 0) is 4.74 Å². The summed E-state index contributed by atoms with van der Waals surface area (Å²) in [5.41, 5.74) is 6.58. The molecular formula is C9H11NO3. The topological polar surface area (TPSA) is 72.5 Å². The maximum absolute atomic E-state index is 11.1. The molecule has 0 aromatic heterocycles. The second-order valence-corrected chi connectivity index (χ2v) is 2.74. The van der Waals surface area contributed by atoms with E-state index in [9.17, 15) is 9.90 Å². The molecule has 0 heterocycles. The molecular weight excluding hydrogens is 170 g/mol. The molecule has 0 atom stereocenters. The number of benzene rings is 1. The molecule has 0 bridgehead atoms. The normalized spacial score (nSPS) is 9.69. The molecule has 4 nitrogen and oxygen atoms in total. The predicted molar refractivity (Wildman–Crippen MR) is 48.6 cm³/mol. The van der Waals surface area contributed by atoms with Crippen LogP contribution in [0.25, 0.3) is 0 Å². The van der Waals surface area contributed by atoms with E-state index in [4.69, 9.17) is 5.73 Å². The van der Waals surface area contributed by atoms with Gasteiger partial charge in [0, 0.05) is 0 Å². The molecule has 3 N–H and O–H groups in total. The third-order valence-corrected chi connectivity index (χ3v) is 1.68. The number of phenolic OH excluding ortho intramolecular Hbond substituents is 1. The molecule has 70 valence electrons. The number of aromatic hydroxyl groups is 1. The Morgan fingerprint density at radius 1 is 1.54 bits per heavy atom. The number of nitrogens with two attached hydrogens (primary N) is 1. The number of hydrogen-bond acceptors (Lipinski definition) is 4. The molecule has 1 rings (SSSR count). The molecule has 1 aromatic carbocycles. The standard InChI is InChI=1S/C9H11NO3/c1-5-3-6(10)8(7(11)4-5)9(12)13-2/h3-4,11H,10H2,1-2H3. The zero-order valence-corrected chi connectivity index (χ0v) is 7.50. The Morgan fingerprint density at radius 3 is 2.62 bits per heavy atom. The Morgan fingerprint density at radius 2 is 2.15 bits per heavy atom. The van der Waals surface area contributed by atoms with Gasteiger partial charge in [-0.05, 0) is 24.6 Å². The van der Waals surface area contributed by atoms with Crippen molar-refractivity contribution in [2.45, 2.75) is 6.92 Å². The number of carbonyl (C=O) groups is 1. The summed E-state index contributed by atoms with van der Waals surface area (Å²) < 4.78 is 4.46. The van der Waals surface area contributed by atoms with Crippen LogP contribution < -0.4 is 5.73 Å². The average Bonchev–Trinajstić information content (AvgIpc) is 2.02. The number of rotatable bonds is 1. The van der Waals surface area contributed by atoms with Gasteiger partial charge in [-0.1, -0.05) is 0 Å². The Kier molecular flexibility index (Phi) is 2.41. The van der Waals surface area contributed by atoms with E-state index in [0.29, 0.717) is 0 Å². The van der Waals surface area contributed by atoms with E-state index < -0.39 is 5.97 Å². The Balaban J connectivity index is 3.28. The zero-order chi connectivity index (χ0) is 10.0. The molecule has 0 saturated carbocycles. The lowest BCUT2D eigenvalue weighted by atomic mass is 10.1. The third kappa shape index (κ3) is 1.72. The molecule has 13 heavy (non-hydrogen) atoms. The first kappa shape index (κ1) is 9.38. The van der Waals surface area contributed by atoms with Crippen molar-refractivity contribution in [1.82, 2.24) is 0 Å².